The third kappa shape index (κ3) is 3.57. The van der Waals surface area contributed by atoms with Crippen molar-refractivity contribution in [3.8, 4) is 6.07 Å². The van der Waals surface area contributed by atoms with Gasteiger partial charge in [-0.25, -0.2) is 4.98 Å². The van der Waals surface area contributed by atoms with Crippen LogP contribution in [-0.4, -0.2) is 20.7 Å². The number of halogens is 1. The summed E-state index contributed by atoms with van der Waals surface area (Å²) in [6.07, 6.45) is 8.27. The highest BCUT2D eigenvalue weighted by Crippen LogP contribution is 2.56. The molecule has 1 amide bonds. The second kappa shape index (κ2) is 7.65. The Labute approximate surface area is 186 Å². The van der Waals surface area contributed by atoms with E-state index < -0.39 is 0 Å². The van der Waals surface area contributed by atoms with Gasteiger partial charge >= 0.3 is 0 Å². The fourth-order valence-electron chi connectivity index (χ4n) is 5.06. The minimum absolute atomic E-state index is 0.0117. The molecule has 2 saturated carbocycles. The van der Waals surface area contributed by atoms with E-state index in [0.29, 0.717) is 17.7 Å². The zero-order valence-corrected chi connectivity index (χ0v) is 18.3. The molecule has 0 radical (unpaired) electrons. The van der Waals surface area contributed by atoms with Crippen molar-refractivity contribution in [3.05, 3.63) is 52.9 Å². The molecule has 6 nitrogen and oxygen atoms in total. The molecular weight excluding hydrogens is 410 g/mol. The van der Waals surface area contributed by atoms with Crippen LogP contribution in [0, 0.1) is 29.1 Å². The molecule has 2 aliphatic carbocycles. The van der Waals surface area contributed by atoms with Crippen molar-refractivity contribution < 1.29 is 4.79 Å². The van der Waals surface area contributed by atoms with Crippen molar-refractivity contribution in [2.45, 2.75) is 38.0 Å². The fraction of sp³-hybridized carbons (Fsp3) is 0.417. The number of hydrogen-bond acceptors (Lipinski definition) is 4. The van der Waals surface area contributed by atoms with Crippen LogP contribution in [0.1, 0.15) is 49.1 Å². The zero-order chi connectivity index (χ0) is 21.7. The third-order valence-electron chi connectivity index (χ3n) is 6.90. The molecule has 31 heavy (non-hydrogen) atoms. The van der Waals surface area contributed by atoms with E-state index in [1.807, 2.05) is 31.6 Å². The molecule has 5 rings (SSSR count). The van der Waals surface area contributed by atoms with Crippen LogP contribution in [0.5, 0.6) is 0 Å². The molecule has 0 saturated heterocycles. The number of aryl methyl sites for hydroxylation is 1. The van der Waals surface area contributed by atoms with Gasteiger partial charge in [-0.3, -0.25) is 9.48 Å². The van der Waals surface area contributed by atoms with Gasteiger partial charge in [-0.2, -0.15) is 10.4 Å². The van der Waals surface area contributed by atoms with Crippen LogP contribution in [-0.2, 0) is 11.8 Å². The van der Waals surface area contributed by atoms with Crippen LogP contribution < -0.4 is 5.32 Å². The topological polar surface area (TPSA) is 83.6 Å². The first-order valence-corrected chi connectivity index (χ1v) is 11.1. The standard InChI is InChI=1S/C24H24ClN5O/c1-3-18-22(17-11-28-30(2)12-17)23(18)24(31)29-21-8-14-6-19(15-4-13(5-15)9-26)20(25)7-16(14)10-27-21/h6-8,10-13,15,18,22-23H,3-5H2,1-2H3,(H,27,29,31)/t13?,15?,18-,22-,23-/m0/s1. The first-order chi connectivity index (χ1) is 15.0. The van der Waals surface area contributed by atoms with Gasteiger partial charge in [-0.1, -0.05) is 24.9 Å². The number of carbonyl (C=O) groups is 1. The lowest BCUT2D eigenvalue weighted by atomic mass is 9.72. The molecule has 0 aliphatic heterocycles. The van der Waals surface area contributed by atoms with E-state index in [-0.39, 0.29) is 23.7 Å². The number of carbonyl (C=O) groups excluding carboxylic acids is 1. The lowest BCUT2D eigenvalue weighted by molar-refractivity contribution is -0.117. The maximum Gasteiger partial charge on any atom is 0.229 e. The number of aromatic nitrogens is 3. The predicted molar refractivity (Wildman–Crippen MR) is 120 cm³/mol. The summed E-state index contributed by atoms with van der Waals surface area (Å²) in [6, 6.07) is 8.25. The van der Waals surface area contributed by atoms with Crippen molar-refractivity contribution in [2.24, 2.45) is 24.8 Å². The number of fused-ring (bicyclic) bond motifs is 1. The van der Waals surface area contributed by atoms with Gasteiger partial charge < -0.3 is 5.32 Å². The van der Waals surface area contributed by atoms with Crippen LogP contribution in [0.3, 0.4) is 0 Å². The van der Waals surface area contributed by atoms with Gasteiger partial charge in [-0.05, 0) is 59.4 Å². The van der Waals surface area contributed by atoms with Crippen molar-refractivity contribution in [1.29, 1.82) is 5.26 Å². The SMILES string of the molecule is CC[C@@H]1[C@H](C(=O)Nc2cc3cc(C4CC(C#N)C4)c(Cl)cc3cn2)[C@H]1c1cnn(C)c1. The molecule has 3 aromatic rings. The summed E-state index contributed by atoms with van der Waals surface area (Å²) < 4.78 is 1.78. The van der Waals surface area contributed by atoms with E-state index in [4.69, 9.17) is 16.9 Å². The Bertz CT molecular complexity index is 1210. The van der Waals surface area contributed by atoms with Crippen LogP contribution in [0.4, 0.5) is 5.82 Å². The normalized spacial score (nSPS) is 26.8. The molecule has 158 valence electrons. The van der Waals surface area contributed by atoms with Crippen LogP contribution in [0.25, 0.3) is 10.8 Å². The van der Waals surface area contributed by atoms with E-state index in [1.165, 1.54) is 0 Å². The molecule has 2 heterocycles. The van der Waals surface area contributed by atoms with E-state index in [9.17, 15) is 4.79 Å². The molecule has 2 aliphatic rings. The number of pyridine rings is 1. The van der Waals surface area contributed by atoms with Gasteiger partial charge in [0.2, 0.25) is 5.91 Å². The lowest BCUT2D eigenvalue weighted by Gasteiger charge is -2.31. The molecule has 2 fully saturated rings. The van der Waals surface area contributed by atoms with E-state index >= 15 is 0 Å². The van der Waals surface area contributed by atoms with Gasteiger partial charge in [0.15, 0.2) is 0 Å². The summed E-state index contributed by atoms with van der Waals surface area (Å²) in [6.45, 7) is 2.12. The zero-order valence-electron chi connectivity index (χ0n) is 17.5. The van der Waals surface area contributed by atoms with Crippen molar-refractivity contribution in [3.63, 3.8) is 0 Å². The Kier molecular flexibility index (Phi) is 4.94. The molecule has 2 aromatic heterocycles. The number of hydrogen-bond donors (Lipinski definition) is 1. The summed E-state index contributed by atoms with van der Waals surface area (Å²) >= 11 is 6.50. The number of anilines is 1. The molecule has 7 heteroatoms. The minimum atomic E-state index is -0.0506. The second-order valence-corrected chi connectivity index (χ2v) is 9.25. The minimum Gasteiger partial charge on any atom is -0.310 e. The third-order valence-corrected chi connectivity index (χ3v) is 7.23. The average molecular weight is 434 g/mol. The number of nitrogens with one attached hydrogen (secondary N) is 1. The Morgan fingerprint density at radius 1 is 1.29 bits per heavy atom. The maximum atomic E-state index is 13.0. The van der Waals surface area contributed by atoms with E-state index in [0.717, 1.165) is 46.2 Å². The van der Waals surface area contributed by atoms with E-state index in [2.05, 4.69) is 34.5 Å². The molecule has 1 N–H and O–H groups in total. The molecule has 1 aromatic carbocycles. The molecule has 3 atom stereocenters. The highest BCUT2D eigenvalue weighted by atomic mass is 35.5. The smallest absolute Gasteiger partial charge is 0.229 e. The fourth-order valence-corrected chi connectivity index (χ4v) is 5.38. The lowest BCUT2D eigenvalue weighted by Crippen LogP contribution is -2.20. The summed E-state index contributed by atoms with van der Waals surface area (Å²) in [5, 5.41) is 19.0. The Morgan fingerprint density at radius 2 is 2.10 bits per heavy atom. The second-order valence-electron chi connectivity index (χ2n) is 8.85. The number of rotatable bonds is 5. The Morgan fingerprint density at radius 3 is 2.77 bits per heavy atom. The summed E-state index contributed by atoms with van der Waals surface area (Å²) in [7, 11) is 1.89. The van der Waals surface area contributed by atoms with Crippen molar-refractivity contribution in [2.75, 3.05) is 5.32 Å². The van der Waals surface area contributed by atoms with Gasteiger partial charge in [0.05, 0.1) is 12.3 Å². The molecule has 0 unspecified atom stereocenters. The van der Waals surface area contributed by atoms with Gasteiger partial charge in [-0.15, -0.1) is 0 Å². The first-order valence-electron chi connectivity index (χ1n) is 10.8. The van der Waals surface area contributed by atoms with Crippen molar-refractivity contribution >= 4 is 34.1 Å². The number of benzene rings is 1. The molecule has 0 spiro atoms. The number of nitrogens with zero attached hydrogens (tertiary/aromatic N) is 4. The van der Waals surface area contributed by atoms with Crippen LogP contribution in [0.15, 0.2) is 36.8 Å². The summed E-state index contributed by atoms with van der Waals surface area (Å²) in [5.41, 5.74) is 2.20. The van der Waals surface area contributed by atoms with Crippen molar-refractivity contribution in [1.82, 2.24) is 14.8 Å². The Balaban J connectivity index is 1.35. The number of nitriles is 1. The van der Waals surface area contributed by atoms with Crippen LogP contribution >= 0.6 is 11.6 Å². The van der Waals surface area contributed by atoms with Gasteiger partial charge in [0.1, 0.15) is 5.82 Å². The Hall–Kier alpha value is -2.91. The summed E-state index contributed by atoms with van der Waals surface area (Å²) in [5.74, 6) is 1.52. The average Bonchev–Trinajstić information content (AvgIpc) is 3.31. The van der Waals surface area contributed by atoms with Gasteiger partial charge in [0.25, 0.3) is 0 Å². The summed E-state index contributed by atoms with van der Waals surface area (Å²) in [4.78, 5) is 17.4. The largest absolute Gasteiger partial charge is 0.310 e. The quantitative estimate of drug-likeness (QED) is 0.612. The maximum absolute atomic E-state index is 13.0. The highest BCUT2D eigenvalue weighted by Gasteiger charge is 2.54. The molecule has 0 bridgehead atoms. The van der Waals surface area contributed by atoms with Gasteiger partial charge in [0, 0.05) is 47.6 Å². The first kappa shape index (κ1) is 20.0. The van der Waals surface area contributed by atoms with E-state index in [1.54, 1.807) is 10.9 Å². The monoisotopic (exact) mass is 433 g/mol. The highest BCUT2D eigenvalue weighted by molar-refractivity contribution is 6.32. The van der Waals surface area contributed by atoms with Crippen LogP contribution in [0.2, 0.25) is 5.02 Å². The molecular formula is C24H24ClN5O. The predicted octanol–water partition coefficient (Wildman–Crippen LogP) is 5.02. The number of amides is 1.